The highest BCUT2D eigenvalue weighted by molar-refractivity contribution is 7.89. The SMILES string of the molecule is O=C(C=Cc1ccccc1[N+](=O)[O-])Nc1ccc(S(=O)(=O)N2CCCC2)cc1. The van der Waals surface area contributed by atoms with Gasteiger partial charge in [-0.1, -0.05) is 12.1 Å². The summed E-state index contributed by atoms with van der Waals surface area (Å²) in [6.45, 7) is 1.05. The minimum absolute atomic E-state index is 0.0944. The maximum absolute atomic E-state index is 12.5. The van der Waals surface area contributed by atoms with Crippen molar-refractivity contribution in [1.29, 1.82) is 0 Å². The number of para-hydroxylation sites is 1. The van der Waals surface area contributed by atoms with Gasteiger partial charge in [-0.25, -0.2) is 8.42 Å². The summed E-state index contributed by atoms with van der Waals surface area (Å²) in [6.07, 6.45) is 4.27. The summed E-state index contributed by atoms with van der Waals surface area (Å²) in [6, 6.07) is 12.0. The topological polar surface area (TPSA) is 110 Å². The average Bonchev–Trinajstić information content (AvgIpc) is 3.23. The number of anilines is 1. The smallest absolute Gasteiger partial charge is 0.276 e. The van der Waals surface area contributed by atoms with E-state index in [1.807, 2.05) is 0 Å². The number of carbonyl (C=O) groups is 1. The van der Waals surface area contributed by atoms with E-state index in [-0.39, 0.29) is 10.6 Å². The van der Waals surface area contributed by atoms with Crippen molar-refractivity contribution in [2.75, 3.05) is 18.4 Å². The third-order valence-electron chi connectivity index (χ3n) is 4.37. The van der Waals surface area contributed by atoms with E-state index in [2.05, 4.69) is 5.32 Å². The Labute approximate surface area is 162 Å². The molecule has 1 N–H and O–H groups in total. The molecule has 1 aliphatic rings. The number of benzene rings is 2. The van der Waals surface area contributed by atoms with Crippen molar-refractivity contribution < 1.29 is 18.1 Å². The Bertz CT molecular complexity index is 1010. The number of nitrogens with one attached hydrogen (secondary N) is 1. The molecule has 0 aliphatic carbocycles. The standard InChI is InChI=1S/C19H19N3O5S/c23-19(12-7-15-5-1-2-6-18(15)22(24)25)20-16-8-10-17(11-9-16)28(26,27)21-13-3-4-14-21/h1-2,5-12H,3-4,13-14H2,(H,20,23). The Hall–Kier alpha value is -3.04. The first-order valence-corrected chi connectivity index (χ1v) is 10.1. The molecule has 8 nitrogen and oxygen atoms in total. The van der Waals surface area contributed by atoms with Crippen LogP contribution in [-0.4, -0.2) is 36.6 Å². The molecule has 2 aromatic carbocycles. The van der Waals surface area contributed by atoms with E-state index in [1.165, 1.54) is 46.8 Å². The Morgan fingerprint density at radius 2 is 1.71 bits per heavy atom. The zero-order chi connectivity index (χ0) is 20.1. The number of sulfonamides is 1. The van der Waals surface area contributed by atoms with E-state index in [4.69, 9.17) is 0 Å². The summed E-state index contributed by atoms with van der Waals surface area (Å²) < 4.78 is 26.4. The normalized spacial score (nSPS) is 15.0. The van der Waals surface area contributed by atoms with Gasteiger partial charge in [0.05, 0.1) is 15.4 Å². The maximum Gasteiger partial charge on any atom is 0.276 e. The van der Waals surface area contributed by atoms with Gasteiger partial charge >= 0.3 is 0 Å². The average molecular weight is 401 g/mol. The van der Waals surface area contributed by atoms with E-state index in [1.54, 1.807) is 18.2 Å². The van der Waals surface area contributed by atoms with Gasteiger partial charge < -0.3 is 5.32 Å². The highest BCUT2D eigenvalue weighted by atomic mass is 32.2. The van der Waals surface area contributed by atoms with E-state index >= 15 is 0 Å². The molecule has 1 fully saturated rings. The largest absolute Gasteiger partial charge is 0.323 e. The molecule has 146 valence electrons. The Morgan fingerprint density at radius 1 is 1.07 bits per heavy atom. The quantitative estimate of drug-likeness (QED) is 0.454. The highest BCUT2D eigenvalue weighted by Gasteiger charge is 2.26. The molecule has 0 atom stereocenters. The van der Waals surface area contributed by atoms with E-state index in [9.17, 15) is 23.3 Å². The lowest BCUT2D eigenvalue weighted by Gasteiger charge is -2.15. The summed E-state index contributed by atoms with van der Waals surface area (Å²) in [7, 11) is -3.50. The van der Waals surface area contributed by atoms with Crippen LogP contribution < -0.4 is 5.32 Å². The molecule has 0 radical (unpaired) electrons. The summed E-state index contributed by atoms with van der Waals surface area (Å²) in [5, 5.41) is 13.6. The fourth-order valence-corrected chi connectivity index (χ4v) is 4.45. The van der Waals surface area contributed by atoms with Gasteiger partial charge in [0.25, 0.3) is 5.69 Å². The molecule has 0 bridgehead atoms. The molecule has 2 aromatic rings. The van der Waals surface area contributed by atoms with Gasteiger partial charge in [0, 0.05) is 30.9 Å². The molecule has 0 spiro atoms. The molecule has 1 heterocycles. The second kappa shape index (κ2) is 8.32. The molecular formula is C19H19N3O5S. The van der Waals surface area contributed by atoms with Crippen molar-refractivity contribution in [2.24, 2.45) is 0 Å². The van der Waals surface area contributed by atoms with Crippen molar-refractivity contribution >= 4 is 33.4 Å². The molecule has 28 heavy (non-hydrogen) atoms. The molecule has 0 aromatic heterocycles. The summed E-state index contributed by atoms with van der Waals surface area (Å²) in [5.41, 5.74) is 0.648. The van der Waals surface area contributed by atoms with Crippen LogP contribution in [0.25, 0.3) is 6.08 Å². The van der Waals surface area contributed by atoms with Crippen LogP contribution in [0.2, 0.25) is 0 Å². The number of carbonyl (C=O) groups excluding carboxylic acids is 1. The predicted molar refractivity (Wildman–Crippen MR) is 105 cm³/mol. The van der Waals surface area contributed by atoms with E-state index in [0.717, 1.165) is 12.8 Å². The van der Waals surface area contributed by atoms with Crippen LogP contribution in [0, 0.1) is 10.1 Å². The summed E-state index contributed by atoms with van der Waals surface area (Å²) in [5.74, 6) is -0.478. The number of hydrogen-bond donors (Lipinski definition) is 1. The van der Waals surface area contributed by atoms with Gasteiger partial charge in [-0.3, -0.25) is 14.9 Å². The number of nitro groups is 1. The zero-order valence-electron chi connectivity index (χ0n) is 14.9. The third kappa shape index (κ3) is 4.44. The molecule has 1 aliphatic heterocycles. The van der Waals surface area contributed by atoms with Crippen LogP contribution in [-0.2, 0) is 14.8 Å². The maximum atomic E-state index is 12.5. The highest BCUT2D eigenvalue weighted by Crippen LogP contribution is 2.22. The van der Waals surface area contributed by atoms with Crippen molar-refractivity contribution in [1.82, 2.24) is 4.31 Å². The molecule has 9 heteroatoms. The molecule has 3 rings (SSSR count). The van der Waals surface area contributed by atoms with E-state index < -0.39 is 20.9 Å². The first kappa shape index (κ1) is 19.7. The summed E-state index contributed by atoms with van der Waals surface area (Å²) in [4.78, 5) is 22.7. The van der Waals surface area contributed by atoms with Crippen molar-refractivity contribution in [3.8, 4) is 0 Å². The predicted octanol–water partition coefficient (Wildman–Crippen LogP) is 3.03. The van der Waals surface area contributed by atoms with Crippen molar-refractivity contribution in [3.63, 3.8) is 0 Å². The lowest BCUT2D eigenvalue weighted by molar-refractivity contribution is -0.385. The molecule has 1 amide bonds. The fourth-order valence-electron chi connectivity index (χ4n) is 2.93. The number of rotatable bonds is 6. The lowest BCUT2D eigenvalue weighted by atomic mass is 10.1. The Kier molecular flexibility index (Phi) is 5.86. The molecule has 0 unspecified atom stereocenters. The van der Waals surface area contributed by atoms with Crippen LogP contribution in [0.1, 0.15) is 18.4 Å². The van der Waals surface area contributed by atoms with Crippen LogP contribution in [0.3, 0.4) is 0 Å². The lowest BCUT2D eigenvalue weighted by Crippen LogP contribution is -2.27. The van der Waals surface area contributed by atoms with Gasteiger partial charge in [0.1, 0.15) is 0 Å². The fraction of sp³-hybridized carbons (Fsp3) is 0.211. The minimum atomic E-state index is -3.50. The van der Waals surface area contributed by atoms with Crippen LogP contribution in [0.5, 0.6) is 0 Å². The first-order valence-electron chi connectivity index (χ1n) is 8.70. The van der Waals surface area contributed by atoms with Crippen molar-refractivity contribution in [2.45, 2.75) is 17.7 Å². The number of amides is 1. The monoisotopic (exact) mass is 401 g/mol. The number of nitro benzene ring substituents is 1. The zero-order valence-corrected chi connectivity index (χ0v) is 15.8. The molecule has 0 saturated carbocycles. The third-order valence-corrected chi connectivity index (χ3v) is 6.29. The van der Waals surface area contributed by atoms with Crippen LogP contribution >= 0.6 is 0 Å². The van der Waals surface area contributed by atoms with Crippen LogP contribution in [0.15, 0.2) is 59.5 Å². The van der Waals surface area contributed by atoms with Gasteiger partial charge in [-0.05, 0) is 49.2 Å². The van der Waals surface area contributed by atoms with Crippen molar-refractivity contribution in [3.05, 3.63) is 70.3 Å². The van der Waals surface area contributed by atoms with Gasteiger partial charge in [0.15, 0.2) is 0 Å². The second-order valence-electron chi connectivity index (χ2n) is 6.27. The first-order chi connectivity index (χ1) is 13.4. The minimum Gasteiger partial charge on any atom is -0.323 e. The van der Waals surface area contributed by atoms with Gasteiger partial charge in [-0.2, -0.15) is 4.31 Å². The van der Waals surface area contributed by atoms with E-state index in [0.29, 0.717) is 24.3 Å². The van der Waals surface area contributed by atoms with Gasteiger partial charge in [-0.15, -0.1) is 0 Å². The van der Waals surface area contributed by atoms with Gasteiger partial charge in [0.2, 0.25) is 15.9 Å². The Morgan fingerprint density at radius 3 is 2.36 bits per heavy atom. The summed E-state index contributed by atoms with van der Waals surface area (Å²) >= 11 is 0. The molecular weight excluding hydrogens is 382 g/mol. The number of nitrogens with zero attached hydrogens (tertiary/aromatic N) is 2. The van der Waals surface area contributed by atoms with Crippen LogP contribution in [0.4, 0.5) is 11.4 Å². The second-order valence-corrected chi connectivity index (χ2v) is 8.21. The Balaban J connectivity index is 1.67. The number of hydrogen-bond acceptors (Lipinski definition) is 5. The molecule has 1 saturated heterocycles.